The van der Waals surface area contributed by atoms with Gasteiger partial charge in [0.2, 0.25) is 10.0 Å². The Kier molecular flexibility index (Phi) is 5.05. The van der Waals surface area contributed by atoms with Crippen molar-refractivity contribution in [1.29, 1.82) is 0 Å². The van der Waals surface area contributed by atoms with Gasteiger partial charge in [0.25, 0.3) is 0 Å². The Morgan fingerprint density at radius 3 is 2.62 bits per heavy atom. The highest BCUT2D eigenvalue weighted by Gasteiger charge is 2.13. The minimum absolute atomic E-state index is 0.196. The lowest BCUT2D eigenvalue weighted by molar-refractivity contribution is 0.553. The summed E-state index contributed by atoms with van der Waals surface area (Å²) in [6.45, 7) is 1.01. The number of rotatable bonds is 7. The highest BCUT2D eigenvalue weighted by atomic mass is 32.2. The second-order valence-electron chi connectivity index (χ2n) is 4.41. The normalized spacial score (nSPS) is 11.4. The predicted octanol–water partition coefficient (Wildman–Crippen LogP) is 0.886. The van der Waals surface area contributed by atoms with E-state index in [1.807, 2.05) is 12.3 Å². The van der Waals surface area contributed by atoms with Crippen molar-refractivity contribution in [3.8, 4) is 0 Å². The van der Waals surface area contributed by atoms with Gasteiger partial charge >= 0.3 is 0 Å². The molecule has 2 aromatic rings. The summed E-state index contributed by atoms with van der Waals surface area (Å²) in [5.41, 5.74) is 6.12. The zero-order chi connectivity index (χ0) is 15.3. The van der Waals surface area contributed by atoms with Crippen molar-refractivity contribution in [2.75, 3.05) is 6.54 Å². The van der Waals surface area contributed by atoms with Crippen LogP contribution < -0.4 is 10.5 Å². The van der Waals surface area contributed by atoms with Crippen molar-refractivity contribution >= 4 is 27.2 Å². The van der Waals surface area contributed by atoms with Crippen LogP contribution in [0.5, 0.6) is 0 Å². The lowest BCUT2D eigenvalue weighted by atomic mass is 10.2. The third-order valence-corrected chi connectivity index (χ3v) is 4.58. The van der Waals surface area contributed by atoms with Crippen molar-refractivity contribution in [3.63, 3.8) is 0 Å². The van der Waals surface area contributed by atoms with Gasteiger partial charge in [0.15, 0.2) is 0 Å². The molecule has 8 heteroatoms. The summed E-state index contributed by atoms with van der Waals surface area (Å²) in [7, 11) is -3.51. The van der Waals surface area contributed by atoms with E-state index in [4.69, 9.17) is 18.0 Å². The van der Waals surface area contributed by atoms with Crippen molar-refractivity contribution in [1.82, 2.24) is 14.5 Å². The van der Waals surface area contributed by atoms with Gasteiger partial charge in [-0.2, -0.15) is 5.10 Å². The largest absolute Gasteiger partial charge is 0.389 e. The first kappa shape index (κ1) is 15.6. The van der Waals surface area contributed by atoms with E-state index in [0.717, 1.165) is 0 Å². The average Bonchev–Trinajstić information content (AvgIpc) is 2.97. The number of hydrogen-bond donors (Lipinski definition) is 2. The number of aryl methyl sites for hydroxylation is 1. The molecule has 112 valence electrons. The van der Waals surface area contributed by atoms with Gasteiger partial charge in [-0.05, 0) is 24.6 Å². The van der Waals surface area contributed by atoms with E-state index in [0.29, 0.717) is 25.1 Å². The van der Waals surface area contributed by atoms with Crippen molar-refractivity contribution < 1.29 is 8.42 Å². The molecule has 0 radical (unpaired) electrons. The van der Waals surface area contributed by atoms with E-state index in [9.17, 15) is 8.42 Å². The van der Waals surface area contributed by atoms with Crippen molar-refractivity contribution in [2.45, 2.75) is 17.9 Å². The van der Waals surface area contributed by atoms with Crippen LogP contribution in [0.3, 0.4) is 0 Å². The van der Waals surface area contributed by atoms with E-state index in [1.54, 1.807) is 23.0 Å². The monoisotopic (exact) mass is 324 g/mol. The molecule has 1 heterocycles. The third kappa shape index (κ3) is 4.35. The van der Waals surface area contributed by atoms with Crippen LogP contribution in [0.1, 0.15) is 12.0 Å². The molecule has 0 aliphatic carbocycles. The Balaban J connectivity index is 1.90. The van der Waals surface area contributed by atoms with Crippen LogP contribution in [0.15, 0.2) is 47.6 Å². The fourth-order valence-electron chi connectivity index (χ4n) is 1.76. The number of nitrogens with one attached hydrogen (secondary N) is 1. The first-order valence-electron chi connectivity index (χ1n) is 6.36. The van der Waals surface area contributed by atoms with E-state index in [1.165, 1.54) is 12.1 Å². The zero-order valence-corrected chi connectivity index (χ0v) is 12.9. The standard InChI is InChI=1S/C13H16N4O2S2/c14-13(20)11-3-5-12(6-4-11)21(18,19)16-8-2-10-17-9-1-7-15-17/h1,3-7,9,16H,2,8,10H2,(H2,14,20). The summed E-state index contributed by atoms with van der Waals surface area (Å²) in [4.78, 5) is 0.438. The topological polar surface area (TPSA) is 90.0 Å². The van der Waals surface area contributed by atoms with Gasteiger partial charge in [0.1, 0.15) is 4.99 Å². The minimum Gasteiger partial charge on any atom is -0.389 e. The Labute approximate surface area is 129 Å². The summed E-state index contributed by atoms with van der Waals surface area (Å²) in [6, 6.07) is 8.00. The molecule has 1 aromatic carbocycles. The van der Waals surface area contributed by atoms with Crippen LogP contribution >= 0.6 is 12.2 Å². The SMILES string of the molecule is NC(=S)c1ccc(S(=O)(=O)NCCCn2cccn2)cc1. The van der Waals surface area contributed by atoms with E-state index in [2.05, 4.69) is 9.82 Å². The Hall–Kier alpha value is -1.77. The highest BCUT2D eigenvalue weighted by molar-refractivity contribution is 7.89. The second kappa shape index (κ2) is 6.79. The highest BCUT2D eigenvalue weighted by Crippen LogP contribution is 2.10. The van der Waals surface area contributed by atoms with E-state index >= 15 is 0 Å². The minimum atomic E-state index is -3.51. The number of nitrogens with two attached hydrogens (primary N) is 1. The van der Waals surface area contributed by atoms with Gasteiger partial charge in [0.05, 0.1) is 4.90 Å². The van der Waals surface area contributed by atoms with Gasteiger partial charge in [-0.3, -0.25) is 4.68 Å². The van der Waals surface area contributed by atoms with E-state index < -0.39 is 10.0 Å². The van der Waals surface area contributed by atoms with Crippen LogP contribution in [-0.2, 0) is 16.6 Å². The summed E-state index contributed by atoms with van der Waals surface area (Å²) < 4.78 is 28.5. The Morgan fingerprint density at radius 1 is 1.33 bits per heavy atom. The second-order valence-corrected chi connectivity index (χ2v) is 6.62. The molecule has 0 unspecified atom stereocenters. The first-order chi connectivity index (χ1) is 9.99. The zero-order valence-electron chi connectivity index (χ0n) is 11.3. The molecular weight excluding hydrogens is 308 g/mol. The maximum absolute atomic E-state index is 12.1. The molecule has 0 atom stereocenters. The fraction of sp³-hybridized carbons (Fsp3) is 0.231. The van der Waals surface area contributed by atoms with Crippen molar-refractivity contribution in [3.05, 3.63) is 48.3 Å². The summed E-state index contributed by atoms with van der Waals surface area (Å²) in [5, 5.41) is 4.05. The molecule has 1 aromatic heterocycles. The molecule has 0 saturated heterocycles. The predicted molar refractivity (Wildman–Crippen MR) is 84.4 cm³/mol. The van der Waals surface area contributed by atoms with Crippen LogP contribution in [0, 0.1) is 0 Å². The van der Waals surface area contributed by atoms with Crippen LogP contribution in [0.25, 0.3) is 0 Å². The lowest BCUT2D eigenvalue weighted by Gasteiger charge is -2.07. The Morgan fingerprint density at radius 2 is 2.05 bits per heavy atom. The number of benzene rings is 1. The maximum Gasteiger partial charge on any atom is 0.240 e. The fourth-order valence-corrected chi connectivity index (χ4v) is 2.97. The molecule has 0 amide bonds. The smallest absolute Gasteiger partial charge is 0.240 e. The quantitative estimate of drug-likeness (QED) is 0.583. The molecule has 21 heavy (non-hydrogen) atoms. The summed E-state index contributed by atoms with van der Waals surface area (Å²) >= 11 is 4.83. The van der Waals surface area contributed by atoms with Crippen LogP contribution in [-0.4, -0.2) is 29.7 Å². The molecule has 0 saturated carbocycles. The van der Waals surface area contributed by atoms with Crippen LogP contribution in [0.4, 0.5) is 0 Å². The first-order valence-corrected chi connectivity index (χ1v) is 8.25. The molecule has 3 N–H and O–H groups in total. The van der Waals surface area contributed by atoms with Gasteiger partial charge in [-0.15, -0.1) is 0 Å². The molecule has 0 aliphatic heterocycles. The molecule has 0 aliphatic rings. The van der Waals surface area contributed by atoms with Gasteiger partial charge < -0.3 is 5.73 Å². The average molecular weight is 324 g/mol. The molecule has 0 spiro atoms. The summed E-state index contributed by atoms with van der Waals surface area (Å²) in [6.07, 6.45) is 4.18. The number of nitrogens with zero attached hydrogens (tertiary/aromatic N) is 2. The van der Waals surface area contributed by atoms with Gasteiger partial charge in [-0.25, -0.2) is 13.1 Å². The van der Waals surface area contributed by atoms with E-state index in [-0.39, 0.29) is 9.88 Å². The van der Waals surface area contributed by atoms with Gasteiger partial charge in [0, 0.05) is 31.0 Å². The van der Waals surface area contributed by atoms with Crippen molar-refractivity contribution in [2.24, 2.45) is 5.73 Å². The molecule has 2 rings (SSSR count). The molecular formula is C13H16N4O2S2. The molecule has 6 nitrogen and oxygen atoms in total. The number of sulfonamides is 1. The molecule has 0 bridgehead atoms. The maximum atomic E-state index is 12.1. The third-order valence-electron chi connectivity index (χ3n) is 2.86. The number of aromatic nitrogens is 2. The van der Waals surface area contributed by atoms with Crippen LogP contribution in [0.2, 0.25) is 0 Å². The lowest BCUT2D eigenvalue weighted by Crippen LogP contribution is -2.25. The summed E-state index contributed by atoms with van der Waals surface area (Å²) in [5.74, 6) is 0. The molecule has 0 fully saturated rings. The van der Waals surface area contributed by atoms with Gasteiger partial charge in [-0.1, -0.05) is 24.4 Å². The number of hydrogen-bond acceptors (Lipinski definition) is 4. The number of thiocarbonyl (C=S) groups is 1. The Bertz CT molecular complexity index is 694.